The number of nitrogens with zero attached hydrogens (tertiary/aromatic N) is 1. The van der Waals surface area contributed by atoms with Crippen LogP contribution in [-0.2, 0) is 4.79 Å². The molecule has 0 radical (unpaired) electrons. The number of carbonyl (C=O) groups excluding carboxylic acids is 2. The van der Waals surface area contributed by atoms with Crippen LogP contribution in [0.3, 0.4) is 0 Å². The third kappa shape index (κ3) is 4.11. The Balaban J connectivity index is 1.78. The summed E-state index contributed by atoms with van der Waals surface area (Å²) >= 11 is 0. The maximum atomic E-state index is 11.7. The van der Waals surface area contributed by atoms with Crippen molar-refractivity contribution < 1.29 is 14.3 Å². The highest BCUT2D eigenvalue weighted by Gasteiger charge is 2.23. The van der Waals surface area contributed by atoms with Gasteiger partial charge in [0.25, 0.3) is 0 Å². The van der Waals surface area contributed by atoms with Gasteiger partial charge in [0, 0.05) is 31.5 Å². The molecule has 0 unspecified atom stereocenters. The second kappa shape index (κ2) is 7.87. The highest BCUT2D eigenvalue weighted by Crippen LogP contribution is 2.28. The molecule has 2 amide bonds. The molecule has 2 aromatic rings. The van der Waals surface area contributed by atoms with Crippen molar-refractivity contribution in [3.63, 3.8) is 0 Å². The van der Waals surface area contributed by atoms with Crippen LogP contribution in [0.4, 0.5) is 0 Å². The van der Waals surface area contributed by atoms with Crippen molar-refractivity contribution in [2.75, 3.05) is 13.1 Å². The van der Waals surface area contributed by atoms with Crippen molar-refractivity contribution >= 4 is 11.8 Å². The Kier molecular flexibility index (Phi) is 5.37. The molecule has 0 saturated carbocycles. The Hall–Kier alpha value is -3.08. The molecule has 1 saturated heterocycles. The van der Waals surface area contributed by atoms with Gasteiger partial charge in [-0.3, -0.25) is 9.59 Å². The highest BCUT2D eigenvalue weighted by molar-refractivity contribution is 5.94. The van der Waals surface area contributed by atoms with E-state index >= 15 is 0 Å². The lowest BCUT2D eigenvalue weighted by molar-refractivity contribution is -0.127. The third-order valence-corrected chi connectivity index (χ3v) is 4.53. The monoisotopic (exact) mass is 350 g/mol. The Morgan fingerprint density at radius 1 is 1.08 bits per heavy atom. The molecular weight excluding hydrogens is 328 g/mol. The minimum atomic E-state index is -0.487. The van der Waals surface area contributed by atoms with Crippen LogP contribution in [0, 0.1) is 0 Å². The first-order valence-corrected chi connectivity index (χ1v) is 8.65. The summed E-state index contributed by atoms with van der Waals surface area (Å²) in [5.74, 6) is 0.0817. The van der Waals surface area contributed by atoms with E-state index < -0.39 is 5.91 Å². The molecule has 0 atom stereocenters. The van der Waals surface area contributed by atoms with Crippen molar-refractivity contribution in [3.8, 4) is 16.9 Å². The maximum absolute atomic E-state index is 11.7. The van der Waals surface area contributed by atoms with Crippen molar-refractivity contribution in [1.29, 1.82) is 0 Å². The van der Waals surface area contributed by atoms with E-state index in [0.717, 1.165) is 24.0 Å². The lowest BCUT2D eigenvalue weighted by atomic mass is 10.0. The lowest BCUT2D eigenvalue weighted by Crippen LogP contribution is -2.41. The van der Waals surface area contributed by atoms with Gasteiger partial charge in [0.2, 0.25) is 11.8 Å². The number of benzene rings is 2. The fraction of sp³-hybridized carbons (Fsp3) is 0.238. The highest BCUT2D eigenvalue weighted by atomic mass is 16.5. The molecule has 0 bridgehead atoms. The molecule has 26 heavy (non-hydrogen) atoms. The van der Waals surface area contributed by atoms with Gasteiger partial charge in [-0.2, -0.15) is 0 Å². The number of rotatable bonds is 5. The molecule has 0 spiro atoms. The zero-order valence-corrected chi connectivity index (χ0v) is 14.6. The normalized spacial score (nSPS) is 14.7. The standard InChI is InChI=1S/C21H22N2O3/c1-2-20(24)23-10-8-18(9-11-23)26-19-13-16(12-17(14-19)21(22)25)15-6-4-3-5-7-15/h2-7,12-14,18H,1,8-11H2,(H2,22,25). The van der Waals surface area contributed by atoms with Crippen LogP contribution in [0.25, 0.3) is 11.1 Å². The van der Waals surface area contributed by atoms with Crippen LogP contribution in [-0.4, -0.2) is 35.9 Å². The average molecular weight is 350 g/mol. The quantitative estimate of drug-likeness (QED) is 0.843. The van der Waals surface area contributed by atoms with Crippen LogP contribution < -0.4 is 10.5 Å². The largest absolute Gasteiger partial charge is 0.490 e. The number of likely N-dealkylation sites (tertiary alicyclic amines) is 1. The van der Waals surface area contributed by atoms with E-state index in [0.29, 0.717) is 24.4 Å². The zero-order valence-electron chi connectivity index (χ0n) is 14.6. The van der Waals surface area contributed by atoms with E-state index in [1.54, 1.807) is 17.0 Å². The summed E-state index contributed by atoms with van der Waals surface area (Å²) in [4.78, 5) is 25.1. The molecule has 134 valence electrons. The van der Waals surface area contributed by atoms with Crippen LogP contribution >= 0.6 is 0 Å². The van der Waals surface area contributed by atoms with Gasteiger partial charge >= 0.3 is 0 Å². The van der Waals surface area contributed by atoms with Crippen molar-refractivity contribution in [1.82, 2.24) is 4.90 Å². The van der Waals surface area contributed by atoms with Gasteiger partial charge in [-0.1, -0.05) is 36.9 Å². The molecule has 1 heterocycles. The molecule has 1 fully saturated rings. The minimum Gasteiger partial charge on any atom is -0.490 e. The summed E-state index contributed by atoms with van der Waals surface area (Å²) in [7, 11) is 0. The Bertz CT molecular complexity index is 809. The van der Waals surface area contributed by atoms with E-state index in [4.69, 9.17) is 10.5 Å². The Labute approximate surface area is 153 Å². The van der Waals surface area contributed by atoms with E-state index in [-0.39, 0.29) is 12.0 Å². The van der Waals surface area contributed by atoms with Gasteiger partial charge in [-0.25, -0.2) is 0 Å². The summed E-state index contributed by atoms with van der Waals surface area (Å²) in [6, 6.07) is 15.1. The molecule has 0 aliphatic carbocycles. The van der Waals surface area contributed by atoms with Crippen LogP contribution in [0.15, 0.2) is 61.2 Å². The van der Waals surface area contributed by atoms with Gasteiger partial charge in [0.1, 0.15) is 11.9 Å². The molecular formula is C21H22N2O3. The predicted molar refractivity (Wildman–Crippen MR) is 101 cm³/mol. The van der Waals surface area contributed by atoms with Gasteiger partial charge in [-0.05, 0) is 35.4 Å². The van der Waals surface area contributed by atoms with E-state index in [2.05, 4.69) is 6.58 Å². The van der Waals surface area contributed by atoms with Crippen molar-refractivity contribution in [2.24, 2.45) is 5.73 Å². The van der Waals surface area contributed by atoms with Gasteiger partial charge in [0.05, 0.1) is 0 Å². The first kappa shape index (κ1) is 17.7. The molecule has 1 aliphatic rings. The number of amides is 2. The van der Waals surface area contributed by atoms with Crippen molar-refractivity contribution in [2.45, 2.75) is 18.9 Å². The van der Waals surface area contributed by atoms with Gasteiger partial charge < -0.3 is 15.4 Å². The smallest absolute Gasteiger partial charge is 0.248 e. The number of primary amides is 1. The molecule has 2 N–H and O–H groups in total. The summed E-state index contributed by atoms with van der Waals surface area (Å²) in [6.45, 7) is 4.79. The molecule has 5 heteroatoms. The Morgan fingerprint density at radius 3 is 2.38 bits per heavy atom. The van der Waals surface area contributed by atoms with E-state index in [1.165, 1.54) is 6.08 Å². The van der Waals surface area contributed by atoms with E-state index in [1.807, 2.05) is 36.4 Å². The zero-order chi connectivity index (χ0) is 18.5. The first-order valence-electron chi connectivity index (χ1n) is 8.65. The second-order valence-electron chi connectivity index (χ2n) is 6.32. The third-order valence-electron chi connectivity index (χ3n) is 4.53. The number of hydrogen-bond acceptors (Lipinski definition) is 3. The van der Waals surface area contributed by atoms with Crippen LogP contribution in [0.1, 0.15) is 23.2 Å². The number of hydrogen-bond donors (Lipinski definition) is 1. The van der Waals surface area contributed by atoms with Crippen LogP contribution in [0.2, 0.25) is 0 Å². The Morgan fingerprint density at radius 2 is 1.77 bits per heavy atom. The van der Waals surface area contributed by atoms with Crippen molar-refractivity contribution in [3.05, 3.63) is 66.7 Å². The van der Waals surface area contributed by atoms with Gasteiger partial charge in [0.15, 0.2) is 0 Å². The summed E-state index contributed by atoms with van der Waals surface area (Å²) < 4.78 is 6.10. The average Bonchev–Trinajstić information content (AvgIpc) is 2.68. The van der Waals surface area contributed by atoms with Gasteiger partial charge in [-0.15, -0.1) is 0 Å². The lowest BCUT2D eigenvalue weighted by Gasteiger charge is -2.31. The number of nitrogens with two attached hydrogens (primary N) is 1. The number of carbonyl (C=O) groups is 2. The van der Waals surface area contributed by atoms with E-state index in [9.17, 15) is 9.59 Å². The maximum Gasteiger partial charge on any atom is 0.248 e. The fourth-order valence-corrected chi connectivity index (χ4v) is 3.12. The molecule has 1 aliphatic heterocycles. The minimum absolute atomic E-state index is 0.00406. The molecule has 2 aromatic carbocycles. The summed E-state index contributed by atoms with van der Waals surface area (Å²) in [5, 5.41) is 0. The molecule has 5 nitrogen and oxygen atoms in total. The summed E-state index contributed by atoms with van der Waals surface area (Å²) in [5.41, 5.74) is 7.78. The number of piperidine rings is 1. The predicted octanol–water partition coefficient (Wildman–Crippen LogP) is 3.01. The first-order chi connectivity index (χ1) is 12.6. The fourth-order valence-electron chi connectivity index (χ4n) is 3.12. The molecule has 3 rings (SSSR count). The SMILES string of the molecule is C=CC(=O)N1CCC(Oc2cc(C(N)=O)cc(-c3ccccc3)c2)CC1. The molecule has 0 aromatic heterocycles. The number of ether oxygens (including phenoxy) is 1. The topological polar surface area (TPSA) is 72.6 Å². The summed E-state index contributed by atoms with van der Waals surface area (Å²) in [6.07, 6.45) is 2.81. The van der Waals surface area contributed by atoms with Crippen LogP contribution in [0.5, 0.6) is 5.75 Å². The second-order valence-corrected chi connectivity index (χ2v) is 6.32.